The lowest BCUT2D eigenvalue weighted by molar-refractivity contribution is 1.27. The molecule has 15 heavy (non-hydrogen) atoms. The van der Waals surface area contributed by atoms with Crippen molar-refractivity contribution in [3.05, 3.63) is 72.1 Å². The molecule has 0 radical (unpaired) electrons. The predicted molar refractivity (Wildman–Crippen MR) is 63.6 cm³/mol. The average Bonchev–Trinajstić information content (AvgIpc) is 2.30. The van der Waals surface area contributed by atoms with Crippen LogP contribution in [0.5, 0.6) is 0 Å². The molecule has 0 aliphatic rings. The number of aromatic nitrogens is 1. The van der Waals surface area contributed by atoms with Gasteiger partial charge >= 0.3 is 0 Å². The van der Waals surface area contributed by atoms with Crippen molar-refractivity contribution in [3.8, 4) is 0 Å². The van der Waals surface area contributed by atoms with Crippen LogP contribution in [-0.2, 0) is 0 Å². The number of hydrogen-bond donors (Lipinski definition) is 0. The van der Waals surface area contributed by atoms with Gasteiger partial charge in [-0.15, -0.1) is 0 Å². The van der Waals surface area contributed by atoms with Crippen molar-refractivity contribution < 1.29 is 0 Å². The van der Waals surface area contributed by atoms with Crippen LogP contribution < -0.4 is 0 Å². The Bertz CT molecular complexity index is 454. The number of rotatable bonds is 2. The molecule has 2 aromatic rings. The van der Waals surface area contributed by atoms with Crippen molar-refractivity contribution in [1.82, 2.24) is 4.98 Å². The number of benzene rings is 1. The molecule has 0 saturated carbocycles. The maximum atomic E-state index is 4.28. The van der Waals surface area contributed by atoms with E-state index in [1.807, 2.05) is 18.2 Å². The molecule has 0 N–H and O–H groups in total. The molecule has 0 amide bonds. The maximum absolute atomic E-state index is 4.28. The van der Waals surface area contributed by atoms with Gasteiger partial charge in [0.2, 0.25) is 0 Å². The van der Waals surface area contributed by atoms with Crippen LogP contribution in [0.3, 0.4) is 0 Å². The van der Waals surface area contributed by atoms with Crippen LogP contribution in [0.2, 0.25) is 0 Å². The topological polar surface area (TPSA) is 12.9 Å². The number of pyridine rings is 1. The van der Waals surface area contributed by atoms with E-state index in [0.717, 1.165) is 16.8 Å². The highest BCUT2D eigenvalue weighted by Crippen LogP contribution is 2.19. The van der Waals surface area contributed by atoms with Gasteiger partial charge in [0.05, 0.1) is 5.69 Å². The minimum absolute atomic E-state index is 0.932. The molecule has 1 heterocycles. The van der Waals surface area contributed by atoms with Crippen LogP contribution in [0, 0.1) is 6.92 Å². The second kappa shape index (κ2) is 4.09. The van der Waals surface area contributed by atoms with E-state index in [1.54, 1.807) is 6.20 Å². The maximum Gasteiger partial charge on any atom is 0.0701 e. The molecule has 0 aliphatic heterocycles. The standard InChI is InChI=1S/C14H13N/c1-11-6-8-13(9-7-11)12(2)14-5-3-4-10-15-14/h3-10H,2H2,1H3. The zero-order valence-electron chi connectivity index (χ0n) is 8.77. The van der Waals surface area contributed by atoms with E-state index in [4.69, 9.17) is 0 Å². The molecule has 0 fully saturated rings. The molecule has 1 aromatic heterocycles. The minimum atomic E-state index is 0.932. The molecule has 1 aromatic carbocycles. The zero-order chi connectivity index (χ0) is 10.7. The van der Waals surface area contributed by atoms with Crippen LogP contribution in [0.4, 0.5) is 0 Å². The molecular weight excluding hydrogens is 182 g/mol. The summed E-state index contributed by atoms with van der Waals surface area (Å²) in [7, 11) is 0. The third-order valence-electron chi connectivity index (χ3n) is 2.37. The third-order valence-corrected chi connectivity index (χ3v) is 2.37. The Labute approximate surface area is 90.1 Å². The highest BCUT2D eigenvalue weighted by atomic mass is 14.7. The van der Waals surface area contributed by atoms with E-state index in [-0.39, 0.29) is 0 Å². The lowest BCUT2D eigenvalue weighted by Gasteiger charge is -2.05. The fraction of sp³-hybridized carbons (Fsp3) is 0.0714. The summed E-state index contributed by atoms with van der Waals surface area (Å²) in [5.74, 6) is 0. The molecule has 0 spiro atoms. The first-order valence-corrected chi connectivity index (χ1v) is 4.95. The molecule has 1 nitrogen and oxygen atoms in total. The molecular formula is C14H13N. The zero-order valence-corrected chi connectivity index (χ0v) is 8.77. The molecule has 0 aliphatic carbocycles. The summed E-state index contributed by atoms with van der Waals surface area (Å²) in [5, 5.41) is 0. The van der Waals surface area contributed by atoms with Gasteiger partial charge in [-0.3, -0.25) is 4.98 Å². The summed E-state index contributed by atoms with van der Waals surface area (Å²) in [6, 6.07) is 14.2. The van der Waals surface area contributed by atoms with Crippen molar-refractivity contribution in [3.63, 3.8) is 0 Å². The van der Waals surface area contributed by atoms with Crippen molar-refractivity contribution in [1.29, 1.82) is 0 Å². The molecule has 0 unspecified atom stereocenters. The van der Waals surface area contributed by atoms with Gasteiger partial charge in [-0.2, -0.15) is 0 Å². The molecule has 0 atom stereocenters. The summed E-state index contributed by atoms with van der Waals surface area (Å²) >= 11 is 0. The van der Waals surface area contributed by atoms with Gasteiger partial charge in [-0.25, -0.2) is 0 Å². The van der Waals surface area contributed by atoms with E-state index >= 15 is 0 Å². The molecule has 0 saturated heterocycles. The van der Waals surface area contributed by atoms with Crippen molar-refractivity contribution >= 4 is 5.57 Å². The quantitative estimate of drug-likeness (QED) is 0.715. The predicted octanol–water partition coefficient (Wildman–Crippen LogP) is 3.45. The second-order valence-corrected chi connectivity index (χ2v) is 3.56. The van der Waals surface area contributed by atoms with Crippen molar-refractivity contribution in [2.45, 2.75) is 6.92 Å². The first-order valence-electron chi connectivity index (χ1n) is 4.95. The summed E-state index contributed by atoms with van der Waals surface area (Å²) in [6.07, 6.45) is 1.79. The Balaban J connectivity index is 2.33. The van der Waals surface area contributed by atoms with Crippen molar-refractivity contribution in [2.75, 3.05) is 0 Å². The third kappa shape index (κ3) is 2.13. The first kappa shape index (κ1) is 9.66. The fourth-order valence-corrected chi connectivity index (χ4v) is 1.44. The molecule has 2 rings (SSSR count). The van der Waals surface area contributed by atoms with Gasteiger partial charge in [0.25, 0.3) is 0 Å². The van der Waals surface area contributed by atoms with E-state index in [1.165, 1.54) is 5.56 Å². The SMILES string of the molecule is C=C(c1ccc(C)cc1)c1ccccn1. The van der Waals surface area contributed by atoms with E-state index < -0.39 is 0 Å². The smallest absolute Gasteiger partial charge is 0.0701 e. The largest absolute Gasteiger partial charge is 0.256 e. The summed E-state index contributed by atoms with van der Waals surface area (Å²) < 4.78 is 0. The van der Waals surface area contributed by atoms with Crippen LogP contribution in [0.15, 0.2) is 55.2 Å². The number of hydrogen-bond acceptors (Lipinski definition) is 1. The van der Waals surface area contributed by atoms with Gasteiger partial charge in [0.1, 0.15) is 0 Å². The minimum Gasteiger partial charge on any atom is -0.256 e. The lowest BCUT2D eigenvalue weighted by Crippen LogP contribution is -1.89. The Kier molecular flexibility index (Phi) is 2.64. The van der Waals surface area contributed by atoms with E-state index in [2.05, 4.69) is 42.8 Å². The number of nitrogens with zero attached hydrogens (tertiary/aromatic N) is 1. The van der Waals surface area contributed by atoms with Gasteiger partial charge in [-0.05, 0) is 24.6 Å². The summed E-state index contributed by atoms with van der Waals surface area (Å²) in [5.41, 5.74) is 4.28. The lowest BCUT2D eigenvalue weighted by atomic mass is 10.0. The molecule has 1 heteroatoms. The molecule has 74 valence electrons. The van der Waals surface area contributed by atoms with Gasteiger partial charge in [-0.1, -0.05) is 42.5 Å². The fourth-order valence-electron chi connectivity index (χ4n) is 1.44. The Morgan fingerprint density at radius 2 is 1.80 bits per heavy atom. The Morgan fingerprint density at radius 3 is 2.40 bits per heavy atom. The van der Waals surface area contributed by atoms with Crippen LogP contribution >= 0.6 is 0 Å². The van der Waals surface area contributed by atoms with Gasteiger partial charge < -0.3 is 0 Å². The van der Waals surface area contributed by atoms with Crippen LogP contribution in [-0.4, -0.2) is 4.98 Å². The summed E-state index contributed by atoms with van der Waals surface area (Å²) in [4.78, 5) is 4.28. The highest BCUT2D eigenvalue weighted by Gasteiger charge is 2.01. The van der Waals surface area contributed by atoms with E-state index in [9.17, 15) is 0 Å². The van der Waals surface area contributed by atoms with Crippen molar-refractivity contribution in [2.24, 2.45) is 0 Å². The normalized spacial score (nSPS) is 9.93. The van der Waals surface area contributed by atoms with E-state index in [0.29, 0.717) is 0 Å². The summed E-state index contributed by atoms with van der Waals surface area (Å²) in [6.45, 7) is 6.14. The monoisotopic (exact) mass is 195 g/mol. The van der Waals surface area contributed by atoms with Crippen LogP contribution in [0.25, 0.3) is 5.57 Å². The van der Waals surface area contributed by atoms with Gasteiger partial charge in [0.15, 0.2) is 0 Å². The van der Waals surface area contributed by atoms with Crippen LogP contribution in [0.1, 0.15) is 16.8 Å². The molecule has 0 bridgehead atoms. The van der Waals surface area contributed by atoms with Gasteiger partial charge in [0, 0.05) is 11.8 Å². The Hall–Kier alpha value is -1.89. The first-order chi connectivity index (χ1) is 7.27. The number of aryl methyl sites for hydroxylation is 1. The average molecular weight is 195 g/mol. The Morgan fingerprint density at radius 1 is 1.07 bits per heavy atom. The second-order valence-electron chi connectivity index (χ2n) is 3.56. The highest BCUT2D eigenvalue weighted by molar-refractivity contribution is 5.75.